The van der Waals surface area contributed by atoms with Crippen LogP contribution in [0.15, 0.2) is 78.9 Å². The van der Waals surface area contributed by atoms with Gasteiger partial charge in [-0.3, -0.25) is 14.5 Å². The molecule has 0 fully saturated rings. The van der Waals surface area contributed by atoms with E-state index >= 15 is 0 Å². The number of carboxylic acids is 1. The van der Waals surface area contributed by atoms with Crippen LogP contribution in [-0.4, -0.2) is 43.3 Å². The van der Waals surface area contributed by atoms with Crippen molar-refractivity contribution in [1.82, 2.24) is 5.32 Å². The number of unbranched alkanes of at least 4 members (excludes halogenated alkanes) is 4. The van der Waals surface area contributed by atoms with E-state index in [9.17, 15) is 14.4 Å². The number of carbonyl (C=O) groups is 3. The van der Waals surface area contributed by atoms with Crippen molar-refractivity contribution in [3.8, 4) is 11.1 Å². The number of esters is 1. The fraction of sp³-hybridized carbons (Fsp3) is 0.344. The first-order valence-electron chi connectivity index (χ1n) is 13.6. The second kappa shape index (κ2) is 15.3. The molecule has 0 aromatic heterocycles. The van der Waals surface area contributed by atoms with E-state index < -0.39 is 17.9 Å². The van der Waals surface area contributed by atoms with Crippen molar-refractivity contribution in [3.05, 3.63) is 90.0 Å². The van der Waals surface area contributed by atoms with Gasteiger partial charge in [0.15, 0.2) is 0 Å². The van der Waals surface area contributed by atoms with Gasteiger partial charge in [-0.25, -0.2) is 4.79 Å². The Bertz CT molecular complexity index is 1210. The number of urea groups is 1. The molecule has 39 heavy (non-hydrogen) atoms. The van der Waals surface area contributed by atoms with Gasteiger partial charge in [0, 0.05) is 19.3 Å². The lowest BCUT2D eigenvalue weighted by Crippen LogP contribution is -2.37. The van der Waals surface area contributed by atoms with Crippen LogP contribution in [-0.2, 0) is 14.3 Å². The minimum atomic E-state index is -1.02. The Morgan fingerprint density at radius 1 is 0.846 bits per heavy atom. The van der Waals surface area contributed by atoms with Gasteiger partial charge in [-0.15, -0.1) is 0 Å². The standard InChI is InChI=1S/C32H38N2O5/c1-3-4-5-6-10-21-33-32(38)34(2)28-15-11-14-27(23-28)24-16-18-26(19-17-24)30(25-12-8-7-9-13-25)31(37)39-22-20-29(35)36/h7-9,11-19,23,30H,3-6,10,20-22H2,1-2H3,(H,33,38)(H,35,36). The van der Waals surface area contributed by atoms with E-state index in [2.05, 4.69) is 12.2 Å². The van der Waals surface area contributed by atoms with Crippen LogP contribution in [0.4, 0.5) is 10.5 Å². The number of benzene rings is 3. The van der Waals surface area contributed by atoms with Gasteiger partial charge in [0.25, 0.3) is 0 Å². The average Bonchev–Trinajstić information content (AvgIpc) is 2.95. The second-order valence-corrected chi connectivity index (χ2v) is 9.53. The Hall–Kier alpha value is -4.13. The summed E-state index contributed by atoms with van der Waals surface area (Å²) < 4.78 is 5.29. The summed E-state index contributed by atoms with van der Waals surface area (Å²) in [6, 6.07) is 24.5. The Morgan fingerprint density at radius 3 is 2.23 bits per heavy atom. The molecule has 1 unspecified atom stereocenters. The molecule has 0 saturated heterocycles. The number of nitrogens with one attached hydrogen (secondary N) is 1. The first-order chi connectivity index (χ1) is 18.9. The van der Waals surface area contributed by atoms with Gasteiger partial charge >= 0.3 is 18.0 Å². The summed E-state index contributed by atoms with van der Waals surface area (Å²) in [6.07, 6.45) is 5.47. The number of nitrogens with zero attached hydrogens (tertiary/aromatic N) is 1. The summed E-state index contributed by atoms with van der Waals surface area (Å²) in [5.74, 6) is -2.18. The summed E-state index contributed by atoms with van der Waals surface area (Å²) >= 11 is 0. The largest absolute Gasteiger partial charge is 0.481 e. The number of hydrogen-bond acceptors (Lipinski definition) is 4. The highest BCUT2D eigenvalue weighted by Crippen LogP contribution is 2.30. The average molecular weight is 531 g/mol. The van der Waals surface area contributed by atoms with E-state index in [1.807, 2.05) is 78.9 Å². The topological polar surface area (TPSA) is 95.9 Å². The maximum Gasteiger partial charge on any atom is 0.321 e. The van der Waals surface area contributed by atoms with Crippen molar-refractivity contribution in [2.45, 2.75) is 51.4 Å². The molecule has 0 aliphatic carbocycles. The monoisotopic (exact) mass is 530 g/mol. The Kier molecular flexibility index (Phi) is 11.6. The van der Waals surface area contributed by atoms with Gasteiger partial charge < -0.3 is 15.2 Å². The summed E-state index contributed by atoms with van der Waals surface area (Å²) in [7, 11) is 1.76. The van der Waals surface area contributed by atoms with Crippen molar-refractivity contribution < 1.29 is 24.2 Å². The van der Waals surface area contributed by atoms with Crippen LogP contribution < -0.4 is 10.2 Å². The van der Waals surface area contributed by atoms with Gasteiger partial charge in [-0.1, -0.05) is 99.3 Å². The molecule has 7 nitrogen and oxygen atoms in total. The molecule has 1 atom stereocenters. The van der Waals surface area contributed by atoms with Crippen LogP contribution in [0.2, 0.25) is 0 Å². The number of aliphatic carboxylic acids is 1. The lowest BCUT2D eigenvalue weighted by molar-refractivity contribution is -0.147. The van der Waals surface area contributed by atoms with Crippen LogP contribution in [0, 0.1) is 0 Å². The fourth-order valence-corrected chi connectivity index (χ4v) is 4.35. The van der Waals surface area contributed by atoms with Crippen molar-refractivity contribution in [1.29, 1.82) is 0 Å². The molecule has 206 valence electrons. The maximum atomic E-state index is 12.9. The van der Waals surface area contributed by atoms with E-state index in [0.717, 1.165) is 40.8 Å². The number of ether oxygens (including phenoxy) is 1. The van der Waals surface area contributed by atoms with Crippen molar-refractivity contribution >= 4 is 23.7 Å². The lowest BCUT2D eigenvalue weighted by Gasteiger charge is -2.19. The highest BCUT2D eigenvalue weighted by Gasteiger charge is 2.24. The Labute approximate surface area is 230 Å². The molecular formula is C32H38N2O5. The number of amides is 2. The molecule has 2 amide bonds. The molecule has 2 N–H and O–H groups in total. The molecule has 0 aliphatic heterocycles. The number of hydrogen-bond donors (Lipinski definition) is 2. The van der Waals surface area contributed by atoms with E-state index in [1.165, 1.54) is 19.3 Å². The van der Waals surface area contributed by atoms with E-state index in [0.29, 0.717) is 6.54 Å². The van der Waals surface area contributed by atoms with Crippen molar-refractivity contribution in [2.75, 3.05) is 25.1 Å². The number of carbonyl (C=O) groups excluding carboxylic acids is 2. The molecular weight excluding hydrogens is 492 g/mol. The zero-order chi connectivity index (χ0) is 28.0. The molecule has 3 aromatic carbocycles. The third kappa shape index (κ3) is 8.99. The van der Waals surface area contributed by atoms with Crippen molar-refractivity contribution in [2.24, 2.45) is 0 Å². The third-order valence-corrected chi connectivity index (χ3v) is 6.60. The van der Waals surface area contributed by atoms with Gasteiger partial charge in [0.1, 0.15) is 12.5 Å². The minimum absolute atomic E-state index is 0.134. The first kappa shape index (κ1) is 29.4. The zero-order valence-electron chi connectivity index (χ0n) is 22.8. The number of carboxylic acid groups (broad SMARTS) is 1. The van der Waals surface area contributed by atoms with Crippen molar-refractivity contribution in [3.63, 3.8) is 0 Å². The molecule has 0 spiro atoms. The number of anilines is 1. The highest BCUT2D eigenvalue weighted by atomic mass is 16.5. The maximum absolute atomic E-state index is 12.9. The predicted molar refractivity (Wildman–Crippen MR) is 154 cm³/mol. The molecule has 0 heterocycles. The van der Waals surface area contributed by atoms with E-state index in [1.54, 1.807) is 11.9 Å². The smallest absolute Gasteiger partial charge is 0.321 e. The van der Waals surface area contributed by atoms with Crippen LogP contribution >= 0.6 is 0 Å². The number of rotatable bonds is 14. The Morgan fingerprint density at radius 2 is 1.54 bits per heavy atom. The normalized spacial score (nSPS) is 11.4. The van der Waals surface area contributed by atoms with Crippen LogP contribution in [0.5, 0.6) is 0 Å². The van der Waals surface area contributed by atoms with Gasteiger partial charge in [0.2, 0.25) is 0 Å². The van der Waals surface area contributed by atoms with Gasteiger partial charge in [0.05, 0.1) is 6.42 Å². The molecule has 0 aliphatic rings. The first-order valence-corrected chi connectivity index (χ1v) is 13.6. The Balaban J connectivity index is 1.71. The second-order valence-electron chi connectivity index (χ2n) is 9.53. The third-order valence-electron chi connectivity index (χ3n) is 6.60. The van der Waals surface area contributed by atoms with Gasteiger partial charge in [-0.05, 0) is 40.8 Å². The SMILES string of the molecule is CCCCCCCNC(=O)N(C)c1cccc(-c2ccc(C(C(=O)OCCC(=O)O)c3ccccc3)cc2)c1. The summed E-state index contributed by atoms with van der Waals surface area (Å²) in [5, 5.41) is 11.9. The molecule has 3 rings (SSSR count). The molecule has 0 saturated carbocycles. The summed E-state index contributed by atoms with van der Waals surface area (Å²) in [6.45, 7) is 2.67. The highest BCUT2D eigenvalue weighted by molar-refractivity contribution is 5.92. The molecule has 0 bridgehead atoms. The molecule has 7 heteroatoms. The molecule has 0 radical (unpaired) electrons. The lowest BCUT2D eigenvalue weighted by atomic mass is 9.90. The fourth-order valence-electron chi connectivity index (χ4n) is 4.35. The predicted octanol–water partition coefficient (Wildman–Crippen LogP) is 6.62. The van der Waals surface area contributed by atoms with Crippen LogP contribution in [0.1, 0.15) is 62.5 Å². The minimum Gasteiger partial charge on any atom is -0.481 e. The van der Waals surface area contributed by atoms with Crippen LogP contribution in [0.25, 0.3) is 11.1 Å². The quantitative estimate of drug-likeness (QED) is 0.180. The van der Waals surface area contributed by atoms with Gasteiger partial charge in [-0.2, -0.15) is 0 Å². The summed E-state index contributed by atoms with van der Waals surface area (Å²) in [4.78, 5) is 38.0. The van der Waals surface area contributed by atoms with E-state index in [-0.39, 0.29) is 19.1 Å². The molecule has 3 aromatic rings. The summed E-state index contributed by atoms with van der Waals surface area (Å²) in [5.41, 5.74) is 4.18. The van der Waals surface area contributed by atoms with E-state index in [4.69, 9.17) is 9.84 Å². The van der Waals surface area contributed by atoms with Crippen LogP contribution in [0.3, 0.4) is 0 Å². The zero-order valence-corrected chi connectivity index (χ0v) is 22.8.